The number of rotatable bonds is 6. The Morgan fingerprint density at radius 3 is 1.86 bits per heavy atom. The van der Waals surface area contributed by atoms with Crippen molar-refractivity contribution in [1.29, 1.82) is 0 Å². The molecule has 0 radical (unpaired) electrons. The molecular formula is C22H15BrN2O4. The Bertz CT molecular complexity index is 1110. The van der Waals surface area contributed by atoms with Crippen molar-refractivity contribution in [3.8, 4) is 0 Å². The minimum atomic E-state index is -0.618. The van der Waals surface area contributed by atoms with Crippen LogP contribution in [0, 0.1) is 20.2 Å². The first-order valence-corrected chi connectivity index (χ1v) is 9.37. The summed E-state index contributed by atoms with van der Waals surface area (Å²) in [5.41, 5.74) is 1.57. The van der Waals surface area contributed by atoms with Crippen LogP contribution in [-0.2, 0) is 0 Å². The van der Waals surface area contributed by atoms with Crippen molar-refractivity contribution in [1.82, 2.24) is 0 Å². The first-order chi connectivity index (χ1) is 14.0. The Morgan fingerprint density at radius 1 is 0.759 bits per heavy atom. The quantitative estimate of drug-likeness (QED) is 0.241. The van der Waals surface area contributed by atoms with Gasteiger partial charge in [0.1, 0.15) is 0 Å². The zero-order chi connectivity index (χ0) is 20.8. The van der Waals surface area contributed by atoms with Gasteiger partial charge in [-0.15, -0.1) is 0 Å². The second kappa shape index (κ2) is 9.07. The zero-order valence-electron chi connectivity index (χ0n) is 15.1. The van der Waals surface area contributed by atoms with Crippen LogP contribution in [0.15, 0.2) is 72.8 Å². The van der Waals surface area contributed by atoms with E-state index in [1.54, 1.807) is 18.2 Å². The number of hydrogen-bond donors (Lipinski definition) is 0. The molecule has 0 aliphatic carbocycles. The Morgan fingerprint density at radius 2 is 1.31 bits per heavy atom. The van der Waals surface area contributed by atoms with Crippen molar-refractivity contribution in [3.05, 3.63) is 115 Å². The van der Waals surface area contributed by atoms with Crippen molar-refractivity contribution in [2.45, 2.75) is 0 Å². The Labute approximate surface area is 175 Å². The van der Waals surface area contributed by atoms with Gasteiger partial charge in [-0.3, -0.25) is 20.2 Å². The molecule has 0 amide bonds. The molecule has 144 valence electrons. The van der Waals surface area contributed by atoms with Gasteiger partial charge in [0.2, 0.25) is 0 Å². The summed E-state index contributed by atoms with van der Waals surface area (Å²) in [6.45, 7) is 0. The third kappa shape index (κ3) is 5.03. The van der Waals surface area contributed by atoms with Crippen molar-refractivity contribution in [2.24, 2.45) is 0 Å². The molecule has 7 heteroatoms. The van der Waals surface area contributed by atoms with Crippen LogP contribution in [-0.4, -0.2) is 9.85 Å². The van der Waals surface area contributed by atoms with Crippen molar-refractivity contribution in [3.63, 3.8) is 0 Å². The van der Waals surface area contributed by atoms with Crippen LogP contribution in [0.3, 0.4) is 0 Å². The monoisotopic (exact) mass is 450 g/mol. The average molecular weight is 451 g/mol. The number of halogens is 1. The zero-order valence-corrected chi connectivity index (χ0v) is 16.7. The first kappa shape index (κ1) is 20.2. The lowest BCUT2D eigenvalue weighted by molar-refractivity contribution is -0.394. The first-order valence-electron chi connectivity index (χ1n) is 8.58. The lowest BCUT2D eigenvalue weighted by atomic mass is 10.0. The highest BCUT2D eigenvalue weighted by atomic mass is 79.9. The molecule has 0 saturated carbocycles. The van der Waals surface area contributed by atoms with E-state index in [2.05, 4.69) is 15.9 Å². The van der Waals surface area contributed by atoms with E-state index < -0.39 is 9.85 Å². The van der Waals surface area contributed by atoms with E-state index in [0.717, 1.165) is 17.2 Å². The Hall–Kier alpha value is -3.58. The topological polar surface area (TPSA) is 86.3 Å². The molecule has 29 heavy (non-hydrogen) atoms. The fourth-order valence-electron chi connectivity index (χ4n) is 2.75. The van der Waals surface area contributed by atoms with Crippen LogP contribution < -0.4 is 0 Å². The molecule has 3 aromatic carbocycles. The summed E-state index contributed by atoms with van der Waals surface area (Å²) < 4.78 is 0.458. The highest BCUT2D eigenvalue weighted by Crippen LogP contribution is 2.37. The molecule has 0 bridgehead atoms. The summed E-state index contributed by atoms with van der Waals surface area (Å²) in [4.78, 5) is 21.8. The third-order valence-corrected chi connectivity index (χ3v) is 4.80. The summed E-state index contributed by atoms with van der Waals surface area (Å²) >= 11 is 3.40. The molecule has 3 aromatic rings. The van der Waals surface area contributed by atoms with E-state index in [1.165, 1.54) is 6.07 Å². The maximum atomic E-state index is 11.6. The number of hydrogen-bond acceptors (Lipinski definition) is 4. The van der Waals surface area contributed by atoms with Gasteiger partial charge in [0.05, 0.1) is 27.0 Å². The van der Waals surface area contributed by atoms with E-state index in [4.69, 9.17) is 0 Å². The number of benzene rings is 3. The van der Waals surface area contributed by atoms with Gasteiger partial charge >= 0.3 is 0 Å². The van der Waals surface area contributed by atoms with Crippen LogP contribution in [0.25, 0.3) is 22.7 Å². The van der Waals surface area contributed by atoms with Crippen LogP contribution in [0.2, 0.25) is 0 Å². The van der Waals surface area contributed by atoms with E-state index in [0.29, 0.717) is 4.48 Å². The molecule has 6 nitrogen and oxygen atoms in total. The molecule has 0 unspecified atom stereocenters. The van der Waals surface area contributed by atoms with Crippen molar-refractivity contribution < 1.29 is 9.85 Å². The molecule has 0 saturated heterocycles. The average Bonchev–Trinajstić information content (AvgIpc) is 2.72. The van der Waals surface area contributed by atoms with Gasteiger partial charge in [-0.25, -0.2) is 0 Å². The molecule has 0 N–H and O–H groups in total. The third-order valence-electron chi connectivity index (χ3n) is 4.14. The highest BCUT2D eigenvalue weighted by Gasteiger charge is 2.24. The summed E-state index contributed by atoms with van der Waals surface area (Å²) in [6.07, 6.45) is 5.05. The molecule has 0 spiro atoms. The predicted molar refractivity (Wildman–Crippen MR) is 118 cm³/mol. The predicted octanol–water partition coefficient (Wildman–Crippen LogP) is 6.57. The second-order valence-corrected chi connectivity index (χ2v) is 6.94. The number of nitro groups is 2. The molecule has 0 heterocycles. The molecule has 3 rings (SSSR count). The van der Waals surface area contributed by atoms with E-state index in [9.17, 15) is 20.2 Å². The molecule has 0 aliphatic heterocycles. The van der Waals surface area contributed by atoms with Crippen LogP contribution in [0.1, 0.15) is 22.3 Å². The van der Waals surface area contributed by atoms with Gasteiger partial charge in [0.25, 0.3) is 11.4 Å². The number of nitro benzene ring substituents is 2. The van der Waals surface area contributed by atoms with Gasteiger partial charge in [-0.2, -0.15) is 0 Å². The molecule has 0 fully saturated rings. The Kier molecular flexibility index (Phi) is 6.31. The van der Waals surface area contributed by atoms with E-state index in [1.807, 2.05) is 60.7 Å². The minimum Gasteiger partial charge on any atom is -0.258 e. The van der Waals surface area contributed by atoms with Crippen LogP contribution in [0.5, 0.6) is 0 Å². The van der Waals surface area contributed by atoms with Gasteiger partial charge < -0.3 is 0 Å². The van der Waals surface area contributed by atoms with Crippen molar-refractivity contribution >= 4 is 50.0 Å². The fraction of sp³-hybridized carbons (Fsp3) is 0. The lowest BCUT2D eigenvalue weighted by Crippen LogP contribution is -1.99. The lowest BCUT2D eigenvalue weighted by Gasteiger charge is -2.06. The van der Waals surface area contributed by atoms with Crippen LogP contribution in [0.4, 0.5) is 11.4 Å². The summed E-state index contributed by atoms with van der Waals surface area (Å²) in [5, 5.41) is 23.1. The minimum absolute atomic E-state index is 0.261. The molecule has 0 aromatic heterocycles. The summed E-state index contributed by atoms with van der Waals surface area (Å²) in [5.74, 6) is 0. The second-order valence-electron chi connectivity index (χ2n) is 6.09. The van der Waals surface area contributed by atoms with Gasteiger partial charge in [0, 0.05) is 4.48 Å². The van der Waals surface area contributed by atoms with E-state index >= 15 is 0 Å². The van der Waals surface area contributed by atoms with Crippen LogP contribution >= 0.6 is 15.9 Å². The highest BCUT2D eigenvalue weighted by molar-refractivity contribution is 9.15. The summed E-state index contributed by atoms with van der Waals surface area (Å²) in [7, 11) is 0. The largest absolute Gasteiger partial charge is 0.284 e. The summed E-state index contributed by atoms with van der Waals surface area (Å²) in [6, 6.07) is 21.0. The van der Waals surface area contributed by atoms with Gasteiger partial charge in [-0.1, -0.05) is 66.7 Å². The fourth-order valence-corrected chi connectivity index (χ4v) is 3.33. The SMILES string of the molecule is O=[N+]([O-])c1cc([N+](=O)[O-])c(/C(Br)=C/c2ccccc2)cc1/C=C\c1ccccc1. The smallest absolute Gasteiger partial charge is 0.258 e. The maximum absolute atomic E-state index is 11.6. The van der Waals surface area contributed by atoms with Gasteiger partial charge in [-0.05, 0) is 45.3 Å². The standard InChI is InChI=1S/C22H15BrN2O4/c23-20(13-17-9-5-2-6-10-17)19-14-18(12-11-16-7-3-1-4-8-16)21(24(26)27)15-22(19)25(28)29/h1-15H/b12-11-,20-13-. The van der Waals surface area contributed by atoms with Gasteiger partial charge in [0.15, 0.2) is 0 Å². The number of nitrogens with zero attached hydrogens (tertiary/aromatic N) is 2. The molecule has 0 aliphatic rings. The molecular weight excluding hydrogens is 436 g/mol. The maximum Gasteiger partial charge on any atom is 0.284 e. The Balaban J connectivity index is 2.14. The normalized spacial score (nSPS) is 11.6. The van der Waals surface area contributed by atoms with E-state index in [-0.39, 0.29) is 22.5 Å². The van der Waals surface area contributed by atoms with Crippen molar-refractivity contribution in [2.75, 3.05) is 0 Å². The molecule has 0 atom stereocenters.